The molecule has 74 heavy (non-hydrogen) atoms. The van der Waals surface area contributed by atoms with Gasteiger partial charge in [-0.2, -0.15) is 0 Å². The fourth-order valence-corrected chi connectivity index (χ4v) is 10.9. The van der Waals surface area contributed by atoms with Gasteiger partial charge in [-0.3, -0.25) is 0 Å². The molecule has 0 N–H and O–H groups in total. The van der Waals surface area contributed by atoms with E-state index in [-0.39, 0.29) is 0 Å². The largest absolute Gasteiger partial charge is 0.310 e. The summed E-state index contributed by atoms with van der Waals surface area (Å²) < 4.78 is 2.37. The van der Waals surface area contributed by atoms with Gasteiger partial charge >= 0.3 is 0 Å². The van der Waals surface area contributed by atoms with Crippen molar-refractivity contribution in [2.24, 2.45) is 0 Å². The van der Waals surface area contributed by atoms with E-state index in [4.69, 9.17) is 0 Å². The van der Waals surface area contributed by atoms with Gasteiger partial charge in [0.2, 0.25) is 0 Å². The quantitative estimate of drug-likeness (QED) is 0.128. The average Bonchev–Trinajstić information content (AvgIpc) is 3.83. The summed E-state index contributed by atoms with van der Waals surface area (Å²) in [5.74, 6) is 0. The van der Waals surface area contributed by atoms with Crippen molar-refractivity contribution in [3.05, 3.63) is 297 Å². The fraction of sp³-hybridized carbons (Fsp3) is 0.0141. The number of aromatic nitrogens is 1. The molecule has 13 aromatic rings. The Hall–Kier alpha value is -9.70. The van der Waals surface area contributed by atoms with Crippen LogP contribution < -0.4 is 9.80 Å². The van der Waals surface area contributed by atoms with Crippen molar-refractivity contribution in [1.82, 2.24) is 4.57 Å². The minimum atomic E-state index is 1.04. The number of anilines is 6. The van der Waals surface area contributed by atoms with E-state index in [1.807, 2.05) is 0 Å². The van der Waals surface area contributed by atoms with E-state index >= 15 is 0 Å². The lowest BCUT2D eigenvalue weighted by molar-refractivity contribution is 1.18. The summed E-state index contributed by atoms with van der Waals surface area (Å²) in [6.07, 6.45) is 0. The Kier molecular flexibility index (Phi) is 11.4. The maximum atomic E-state index is 2.42. The minimum absolute atomic E-state index is 1.04. The highest BCUT2D eigenvalue weighted by atomic mass is 15.2. The molecule has 0 amide bonds. The van der Waals surface area contributed by atoms with Crippen LogP contribution in [-0.2, 0) is 0 Å². The lowest BCUT2D eigenvalue weighted by Gasteiger charge is -2.31. The Morgan fingerprint density at radius 3 is 1.51 bits per heavy atom. The predicted molar refractivity (Wildman–Crippen MR) is 314 cm³/mol. The van der Waals surface area contributed by atoms with Gasteiger partial charge in [0.15, 0.2) is 0 Å². The molecule has 0 saturated heterocycles. The van der Waals surface area contributed by atoms with Crippen LogP contribution in [0.4, 0.5) is 34.1 Å². The summed E-state index contributed by atoms with van der Waals surface area (Å²) in [6.45, 7) is 2.20. The van der Waals surface area contributed by atoms with Gasteiger partial charge in [-0.1, -0.05) is 188 Å². The zero-order chi connectivity index (χ0) is 49.4. The molecule has 0 fully saturated rings. The van der Waals surface area contributed by atoms with E-state index in [1.165, 1.54) is 66.0 Å². The van der Waals surface area contributed by atoms with Crippen molar-refractivity contribution in [2.45, 2.75) is 6.92 Å². The summed E-state index contributed by atoms with van der Waals surface area (Å²) in [6, 6.07) is 106. The number of hydrogen-bond donors (Lipinski definition) is 0. The van der Waals surface area contributed by atoms with Gasteiger partial charge in [0.25, 0.3) is 0 Å². The van der Waals surface area contributed by atoms with Gasteiger partial charge in [0.05, 0.1) is 16.7 Å². The van der Waals surface area contributed by atoms with Crippen LogP contribution in [0.2, 0.25) is 0 Å². The van der Waals surface area contributed by atoms with Crippen molar-refractivity contribution in [1.29, 1.82) is 0 Å². The lowest BCUT2D eigenvalue weighted by atomic mass is 9.96. The first-order chi connectivity index (χ1) is 36.6. The summed E-state index contributed by atoms with van der Waals surface area (Å²) >= 11 is 0. The Labute approximate surface area is 432 Å². The minimum Gasteiger partial charge on any atom is -0.310 e. The molecular weight excluding hydrogens is 895 g/mol. The molecule has 12 aromatic carbocycles. The van der Waals surface area contributed by atoms with Crippen LogP contribution >= 0.6 is 0 Å². The van der Waals surface area contributed by atoms with E-state index < -0.39 is 0 Å². The van der Waals surface area contributed by atoms with E-state index in [2.05, 4.69) is 312 Å². The molecule has 0 unspecified atom stereocenters. The second kappa shape index (κ2) is 19.1. The van der Waals surface area contributed by atoms with Crippen molar-refractivity contribution >= 4 is 66.7 Å². The maximum Gasteiger partial charge on any atom is 0.0561 e. The molecule has 3 nitrogen and oxygen atoms in total. The molecule has 350 valence electrons. The van der Waals surface area contributed by atoms with Crippen LogP contribution in [0, 0.1) is 6.92 Å². The third kappa shape index (κ3) is 8.26. The summed E-state index contributed by atoms with van der Waals surface area (Å²) in [5, 5.41) is 4.85. The number of benzene rings is 12. The molecule has 0 aliphatic rings. The highest BCUT2D eigenvalue weighted by Gasteiger charge is 2.23. The monoisotopic (exact) mass is 945 g/mol. The van der Waals surface area contributed by atoms with Gasteiger partial charge in [-0.15, -0.1) is 0 Å². The Morgan fingerprint density at radius 1 is 0.270 bits per heavy atom. The highest BCUT2D eigenvalue weighted by molar-refractivity contribution is 6.10. The molecular formula is C71H51N3. The van der Waals surface area contributed by atoms with Crippen LogP contribution in [0.5, 0.6) is 0 Å². The number of fused-ring (bicyclic) bond motifs is 4. The molecule has 3 heteroatoms. The molecule has 13 rings (SSSR count). The SMILES string of the molecule is Cc1ccccc1-c1ccc(N(c2cccc(-c3cccc(-c4ccc5c(c4)c4ccccc4n5-c4ccccc4)c3)c2)c2ccc3cc(-c4ccccc4)ccc3c2)cc1N(c1ccccc1)c1ccccc1. The van der Waals surface area contributed by atoms with Crippen molar-refractivity contribution < 1.29 is 0 Å². The Bertz CT molecular complexity index is 4100. The molecule has 1 aromatic heterocycles. The van der Waals surface area contributed by atoms with E-state index in [0.29, 0.717) is 0 Å². The zero-order valence-corrected chi connectivity index (χ0v) is 41.1. The van der Waals surface area contributed by atoms with Crippen molar-refractivity contribution in [2.75, 3.05) is 9.80 Å². The van der Waals surface area contributed by atoms with Crippen LogP contribution in [0.1, 0.15) is 5.56 Å². The van der Waals surface area contributed by atoms with Crippen molar-refractivity contribution in [3.8, 4) is 50.2 Å². The fourth-order valence-electron chi connectivity index (χ4n) is 10.9. The molecule has 0 bridgehead atoms. The van der Waals surface area contributed by atoms with Crippen LogP contribution in [0.25, 0.3) is 82.8 Å². The van der Waals surface area contributed by atoms with Gasteiger partial charge in [-0.05, 0) is 165 Å². The predicted octanol–water partition coefficient (Wildman–Crippen LogP) is 19.9. The number of nitrogens with zero attached hydrogens (tertiary/aromatic N) is 3. The third-order valence-electron chi connectivity index (χ3n) is 14.5. The number of rotatable bonds is 11. The molecule has 0 aliphatic heterocycles. The molecule has 0 radical (unpaired) electrons. The number of hydrogen-bond acceptors (Lipinski definition) is 2. The number of para-hydroxylation sites is 4. The molecule has 0 saturated carbocycles. The standard InChI is InChI=1S/C71H51N3/c1-50-20-14-15-33-65(50)67-42-41-64(49-71(67)73(59-26-8-3-9-27-59)60-28-10-4-11-29-60)72(63-40-38-56-45-55(36-37-57(56)47-63)51-21-6-2-7-22-51)62-32-19-25-54(46-62)52-23-18-24-53(44-52)58-39-43-70-68(48-58)66-34-16-17-35-69(66)74(70)61-30-12-5-13-31-61/h2-49H,1H3. The van der Waals surface area contributed by atoms with Gasteiger partial charge in [0.1, 0.15) is 0 Å². The normalized spacial score (nSPS) is 11.3. The second-order valence-corrected chi connectivity index (χ2v) is 19.0. The molecule has 0 aliphatic carbocycles. The third-order valence-corrected chi connectivity index (χ3v) is 14.5. The van der Waals surface area contributed by atoms with Gasteiger partial charge in [0, 0.05) is 50.5 Å². The smallest absolute Gasteiger partial charge is 0.0561 e. The molecule has 0 atom stereocenters. The zero-order valence-electron chi connectivity index (χ0n) is 41.1. The molecule has 1 heterocycles. The van der Waals surface area contributed by atoms with Crippen molar-refractivity contribution in [3.63, 3.8) is 0 Å². The van der Waals surface area contributed by atoms with Crippen LogP contribution in [0.3, 0.4) is 0 Å². The first kappa shape index (κ1) is 44.3. The molecule has 0 spiro atoms. The van der Waals surface area contributed by atoms with Crippen LogP contribution in [-0.4, -0.2) is 4.57 Å². The van der Waals surface area contributed by atoms with E-state index in [0.717, 1.165) is 56.5 Å². The highest BCUT2D eigenvalue weighted by Crippen LogP contribution is 2.47. The van der Waals surface area contributed by atoms with Gasteiger partial charge < -0.3 is 14.4 Å². The van der Waals surface area contributed by atoms with Gasteiger partial charge in [-0.25, -0.2) is 0 Å². The topological polar surface area (TPSA) is 11.4 Å². The van der Waals surface area contributed by atoms with E-state index in [1.54, 1.807) is 0 Å². The average molecular weight is 946 g/mol. The second-order valence-electron chi connectivity index (χ2n) is 19.0. The summed E-state index contributed by atoms with van der Waals surface area (Å²) in [7, 11) is 0. The van der Waals surface area contributed by atoms with E-state index in [9.17, 15) is 0 Å². The first-order valence-corrected chi connectivity index (χ1v) is 25.4. The Morgan fingerprint density at radius 2 is 0.770 bits per heavy atom. The van der Waals surface area contributed by atoms with Crippen LogP contribution in [0.15, 0.2) is 291 Å². The maximum absolute atomic E-state index is 2.42. The summed E-state index contributed by atoms with van der Waals surface area (Å²) in [5.41, 5.74) is 20.6. The Balaban J connectivity index is 0.965. The first-order valence-electron chi connectivity index (χ1n) is 25.4. The lowest BCUT2D eigenvalue weighted by Crippen LogP contribution is -2.14. The summed E-state index contributed by atoms with van der Waals surface area (Å²) in [4.78, 5) is 4.82. The number of aryl methyl sites for hydroxylation is 1.